The van der Waals surface area contributed by atoms with Crippen molar-refractivity contribution in [1.82, 2.24) is 19.7 Å². The molecule has 47 heavy (non-hydrogen) atoms. The maximum absolute atomic E-state index is 14.9. The van der Waals surface area contributed by atoms with Crippen molar-refractivity contribution in [3.05, 3.63) is 52.7 Å². The summed E-state index contributed by atoms with van der Waals surface area (Å²) in [5, 5.41) is 14.2. The molecule has 1 saturated carbocycles. The molecule has 254 valence electrons. The molecule has 3 aromatic rings. The van der Waals surface area contributed by atoms with E-state index in [9.17, 15) is 27.5 Å². The minimum Gasteiger partial charge on any atom is -0.490 e. The minimum absolute atomic E-state index is 0.00166. The summed E-state index contributed by atoms with van der Waals surface area (Å²) in [5.41, 5.74) is 1.36. The Morgan fingerprint density at radius 3 is 2.43 bits per heavy atom. The summed E-state index contributed by atoms with van der Waals surface area (Å²) in [6.07, 6.45) is 1.02. The lowest BCUT2D eigenvalue weighted by Crippen LogP contribution is -2.39. The van der Waals surface area contributed by atoms with E-state index < -0.39 is 53.2 Å². The second-order valence-corrected chi connectivity index (χ2v) is 14.6. The molecule has 1 saturated heterocycles. The van der Waals surface area contributed by atoms with Crippen molar-refractivity contribution >= 4 is 11.7 Å². The Labute approximate surface area is 271 Å². The van der Waals surface area contributed by atoms with Gasteiger partial charge in [-0.25, -0.2) is 13.6 Å². The number of aryl methyl sites for hydroxylation is 1. The molecule has 3 aromatic heterocycles. The van der Waals surface area contributed by atoms with Crippen molar-refractivity contribution in [2.24, 2.45) is 11.3 Å². The van der Waals surface area contributed by atoms with E-state index >= 15 is 0 Å². The number of alkyl halides is 4. The van der Waals surface area contributed by atoms with E-state index in [-0.39, 0.29) is 30.6 Å². The SMILES string of the molecule is Cc1ncc(-c2ccc(OCCn3nc(C(F)F)c4c3C(F)(F)[C@H]3C[C@@H]43)cn2)c(N2CCC(C)(C)CC2)c1[C@H](OC(C)(C)C)C(=O)O. The Kier molecular flexibility index (Phi) is 8.29. The van der Waals surface area contributed by atoms with Gasteiger partial charge >= 0.3 is 5.97 Å². The highest BCUT2D eigenvalue weighted by Crippen LogP contribution is 2.68. The van der Waals surface area contributed by atoms with Crippen molar-refractivity contribution in [3.8, 4) is 17.0 Å². The number of anilines is 1. The highest BCUT2D eigenvalue weighted by Gasteiger charge is 2.67. The number of carbonyl (C=O) groups is 1. The fraction of sp³-hybridized carbons (Fsp3) is 0.588. The van der Waals surface area contributed by atoms with Gasteiger partial charge in [0.1, 0.15) is 23.7 Å². The van der Waals surface area contributed by atoms with Gasteiger partial charge in [-0.15, -0.1) is 0 Å². The average Bonchev–Trinajstić information content (AvgIpc) is 3.64. The number of ether oxygens (including phenoxy) is 2. The molecule has 1 N–H and O–H groups in total. The maximum Gasteiger partial charge on any atom is 0.337 e. The second-order valence-electron chi connectivity index (χ2n) is 14.6. The zero-order valence-electron chi connectivity index (χ0n) is 27.5. The number of rotatable bonds is 10. The average molecular weight is 660 g/mol. The molecule has 0 spiro atoms. The molecule has 2 fully saturated rings. The van der Waals surface area contributed by atoms with Gasteiger partial charge in [-0.3, -0.25) is 14.6 Å². The third-order valence-electron chi connectivity index (χ3n) is 9.43. The first-order chi connectivity index (χ1) is 22.0. The van der Waals surface area contributed by atoms with Crippen LogP contribution >= 0.6 is 0 Å². The molecule has 4 heterocycles. The number of carboxylic acid groups (broad SMARTS) is 1. The van der Waals surface area contributed by atoms with Crippen LogP contribution in [0.5, 0.6) is 5.75 Å². The van der Waals surface area contributed by atoms with Gasteiger partial charge in [-0.1, -0.05) is 13.8 Å². The van der Waals surface area contributed by atoms with Crippen LogP contribution in [0.1, 0.15) is 101 Å². The summed E-state index contributed by atoms with van der Waals surface area (Å²) >= 11 is 0. The summed E-state index contributed by atoms with van der Waals surface area (Å²) in [4.78, 5) is 24.0. The van der Waals surface area contributed by atoms with Crippen LogP contribution in [0.2, 0.25) is 0 Å². The fourth-order valence-corrected chi connectivity index (χ4v) is 6.87. The van der Waals surface area contributed by atoms with Crippen LogP contribution < -0.4 is 9.64 Å². The number of aliphatic carboxylic acids is 1. The van der Waals surface area contributed by atoms with Crippen molar-refractivity contribution in [3.63, 3.8) is 0 Å². The zero-order chi connectivity index (χ0) is 34.1. The number of piperidine rings is 1. The van der Waals surface area contributed by atoms with Gasteiger partial charge in [-0.05, 0) is 70.4 Å². The number of nitrogens with zero attached hydrogens (tertiary/aromatic N) is 5. The molecule has 6 rings (SSSR count). The maximum atomic E-state index is 14.9. The second kappa shape index (κ2) is 11.7. The molecule has 0 radical (unpaired) electrons. The van der Waals surface area contributed by atoms with Crippen LogP contribution in [0.3, 0.4) is 0 Å². The Balaban J connectivity index is 1.27. The van der Waals surface area contributed by atoms with Crippen LogP contribution in [0, 0.1) is 18.3 Å². The summed E-state index contributed by atoms with van der Waals surface area (Å²) in [5.74, 6) is -5.44. The Morgan fingerprint density at radius 2 is 1.83 bits per heavy atom. The summed E-state index contributed by atoms with van der Waals surface area (Å²) in [7, 11) is 0. The number of carboxylic acids is 1. The smallest absolute Gasteiger partial charge is 0.337 e. The van der Waals surface area contributed by atoms with Gasteiger partial charge in [0.25, 0.3) is 12.3 Å². The van der Waals surface area contributed by atoms with E-state index in [1.54, 1.807) is 25.3 Å². The van der Waals surface area contributed by atoms with Crippen molar-refractivity contribution in [2.45, 2.75) is 97.3 Å². The van der Waals surface area contributed by atoms with Gasteiger partial charge in [0.15, 0.2) is 6.10 Å². The highest BCUT2D eigenvalue weighted by molar-refractivity contribution is 5.85. The molecule has 3 atom stereocenters. The predicted molar refractivity (Wildman–Crippen MR) is 166 cm³/mol. The summed E-state index contributed by atoms with van der Waals surface area (Å²) in [6.45, 7) is 12.9. The fourth-order valence-electron chi connectivity index (χ4n) is 6.87. The third kappa shape index (κ3) is 6.30. The van der Waals surface area contributed by atoms with Crippen LogP contribution in [0.25, 0.3) is 11.3 Å². The quantitative estimate of drug-likeness (QED) is 0.224. The number of hydrogen-bond donors (Lipinski definition) is 1. The molecule has 13 heteroatoms. The molecule has 9 nitrogen and oxygen atoms in total. The van der Waals surface area contributed by atoms with E-state index in [0.717, 1.165) is 17.5 Å². The van der Waals surface area contributed by atoms with Crippen LogP contribution in [0.4, 0.5) is 23.2 Å². The van der Waals surface area contributed by atoms with Crippen LogP contribution in [-0.4, -0.2) is 56.1 Å². The topological polar surface area (TPSA) is 103 Å². The Bertz CT molecular complexity index is 1660. The van der Waals surface area contributed by atoms with Crippen molar-refractivity contribution in [2.75, 3.05) is 24.6 Å². The van der Waals surface area contributed by atoms with Gasteiger partial charge in [0.05, 0.1) is 29.7 Å². The molecular formula is C34H41F4N5O4. The standard InChI is InChI=1S/C34H41F4N5O4/c1-18-24(28(31(44)45)47-32(2,3)4)27(42-11-9-33(5,6)10-12-42)21(17-39-18)23-8-7-19(16-40-23)46-14-13-43-29-25(26(41-43)30(35)36)20-15-22(20)34(29,37)38/h7-8,16-17,20,22,28,30H,9-15H2,1-6H3,(H,44,45)/t20-,22+,28+/m1/s1. The van der Waals surface area contributed by atoms with Crippen molar-refractivity contribution < 1.29 is 36.9 Å². The lowest BCUT2D eigenvalue weighted by Gasteiger charge is -2.40. The zero-order valence-corrected chi connectivity index (χ0v) is 27.5. The number of pyridine rings is 2. The first-order valence-corrected chi connectivity index (χ1v) is 16.0. The molecule has 0 unspecified atom stereocenters. The normalized spacial score (nSPS) is 21.8. The molecular weight excluding hydrogens is 618 g/mol. The number of halogens is 4. The van der Waals surface area contributed by atoms with Gasteiger partial charge in [0, 0.05) is 47.6 Å². The Morgan fingerprint density at radius 1 is 1.13 bits per heavy atom. The monoisotopic (exact) mass is 659 g/mol. The van der Waals surface area contributed by atoms with Gasteiger partial charge in [-0.2, -0.15) is 13.9 Å². The third-order valence-corrected chi connectivity index (χ3v) is 9.43. The summed E-state index contributed by atoms with van der Waals surface area (Å²) in [6, 6.07) is 3.40. The Hall–Kier alpha value is -3.74. The van der Waals surface area contributed by atoms with Gasteiger partial charge < -0.3 is 19.5 Å². The highest BCUT2D eigenvalue weighted by atomic mass is 19.3. The summed E-state index contributed by atoms with van der Waals surface area (Å²) < 4.78 is 69.9. The van der Waals surface area contributed by atoms with E-state index in [4.69, 9.17) is 9.47 Å². The molecule has 3 aliphatic rings. The van der Waals surface area contributed by atoms with E-state index in [1.165, 1.54) is 6.20 Å². The van der Waals surface area contributed by atoms with Crippen molar-refractivity contribution in [1.29, 1.82) is 0 Å². The van der Waals surface area contributed by atoms with Crippen LogP contribution in [-0.2, 0) is 22.0 Å². The number of fused-ring (bicyclic) bond motifs is 3. The van der Waals surface area contributed by atoms with Crippen LogP contribution in [0.15, 0.2) is 24.5 Å². The lowest BCUT2D eigenvalue weighted by molar-refractivity contribution is -0.160. The predicted octanol–water partition coefficient (Wildman–Crippen LogP) is 7.44. The lowest BCUT2D eigenvalue weighted by atomic mass is 9.82. The minimum atomic E-state index is -3.19. The first-order valence-electron chi connectivity index (χ1n) is 16.0. The van der Waals surface area contributed by atoms with Gasteiger partial charge in [0.2, 0.25) is 0 Å². The van der Waals surface area contributed by atoms with E-state index in [0.29, 0.717) is 47.0 Å². The molecule has 2 aliphatic carbocycles. The van der Waals surface area contributed by atoms with E-state index in [2.05, 4.69) is 33.8 Å². The number of hydrogen-bond acceptors (Lipinski definition) is 7. The van der Waals surface area contributed by atoms with E-state index in [1.807, 2.05) is 20.8 Å². The molecule has 1 aliphatic heterocycles. The first kappa shape index (κ1) is 33.2. The molecule has 0 aromatic carbocycles. The molecule has 0 bridgehead atoms. The largest absolute Gasteiger partial charge is 0.490 e. The number of aromatic nitrogens is 4. The molecule has 0 amide bonds.